The quantitative estimate of drug-likeness (QED) is 0.381. The molecule has 0 unspecified atom stereocenters. The van der Waals surface area contributed by atoms with E-state index in [1.165, 1.54) is 5.56 Å². The van der Waals surface area contributed by atoms with Gasteiger partial charge in [0.15, 0.2) is 0 Å². The molecule has 33 heavy (non-hydrogen) atoms. The highest BCUT2D eigenvalue weighted by Crippen LogP contribution is 2.42. The van der Waals surface area contributed by atoms with Crippen LogP contribution in [0.15, 0.2) is 84.4 Å². The molecule has 0 bridgehead atoms. The Hall–Kier alpha value is -3.86. The van der Waals surface area contributed by atoms with Gasteiger partial charge in [0.05, 0.1) is 35.0 Å². The number of aromatic nitrogens is 2. The molecule has 0 radical (unpaired) electrons. The molecular formula is C28H27N3O2. The Labute approximate surface area is 193 Å². The molecule has 1 aliphatic rings. The van der Waals surface area contributed by atoms with Crippen molar-refractivity contribution in [2.45, 2.75) is 32.7 Å². The van der Waals surface area contributed by atoms with Crippen LogP contribution in [0.25, 0.3) is 16.7 Å². The molecular weight excluding hydrogens is 410 g/mol. The highest BCUT2D eigenvalue weighted by Gasteiger charge is 2.36. The average molecular weight is 438 g/mol. The number of carbonyl (C=O) groups is 1. The predicted octanol–water partition coefficient (Wildman–Crippen LogP) is 6.15. The summed E-state index contributed by atoms with van der Waals surface area (Å²) in [5.74, 6) is 0.808. The van der Waals surface area contributed by atoms with E-state index in [0.717, 1.165) is 27.9 Å². The fourth-order valence-electron chi connectivity index (χ4n) is 4.47. The van der Waals surface area contributed by atoms with E-state index in [4.69, 9.17) is 9.72 Å². The third-order valence-corrected chi connectivity index (χ3v) is 6.11. The van der Waals surface area contributed by atoms with Crippen LogP contribution in [0.1, 0.15) is 49.4 Å². The van der Waals surface area contributed by atoms with Crippen molar-refractivity contribution >= 4 is 28.6 Å². The van der Waals surface area contributed by atoms with Crippen LogP contribution in [0.4, 0.5) is 5.95 Å². The van der Waals surface area contributed by atoms with Crippen molar-refractivity contribution < 1.29 is 9.53 Å². The molecule has 1 N–H and O–H groups in total. The van der Waals surface area contributed by atoms with Crippen LogP contribution < -0.4 is 5.32 Å². The van der Waals surface area contributed by atoms with Crippen molar-refractivity contribution in [3.8, 4) is 0 Å². The minimum atomic E-state index is -0.371. The molecule has 1 atom stereocenters. The van der Waals surface area contributed by atoms with Gasteiger partial charge < -0.3 is 10.1 Å². The fourth-order valence-corrected chi connectivity index (χ4v) is 4.47. The van der Waals surface area contributed by atoms with Gasteiger partial charge in [-0.25, -0.2) is 9.78 Å². The zero-order valence-corrected chi connectivity index (χ0v) is 19.1. The highest BCUT2D eigenvalue weighted by atomic mass is 16.5. The molecule has 0 spiro atoms. The third-order valence-electron chi connectivity index (χ3n) is 6.11. The monoisotopic (exact) mass is 437 g/mol. The first-order valence-corrected chi connectivity index (χ1v) is 11.4. The van der Waals surface area contributed by atoms with Crippen LogP contribution in [-0.4, -0.2) is 22.1 Å². The number of imidazole rings is 1. The van der Waals surface area contributed by atoms with E-state index in [1.54, 1.807) is 0 Å². The second-order valence-electron chi connectivity index (χ2n) is 8.52. The summed E-state index contributed by atoms with van der Waals surface area (Å²) >= 11 is 0. The van der Waals surface area contributed by atoms with Crippen molar-refractivity contribution in [3.05, 3.63) is 101 Å². The van der Waals surface area contributed by atoms with Gasteiger partial charge in [0.2, 0.25) is 5.95 Å². The highest BCUT2D eigenvalue weighted by molar-refractivity contribution is 6.03. The Morgan fingerprint density at radius 1 is 1.00 bits per heavy atom. The molecule has 0 saturated carbocycles. The van der Waals surface area contributed by atoms with E-state index in [2.05, 4.69) is 48.0 Å². The molecule has 0 amide bonds. The number of ether oxygens (including phenoxy) is 1. The van der Waals surface area contributed by atoms with Crippen LogP contribution in [0.5, 0.6) is 0 Å². The predicted molar refractivity (Wildman–Crippen MR) is 132 cm³/mol. The number of nitrogens with one attached hydrogen (secondary N) is 1. The summed E-state index contributed by atoms with van der Waals surface area (Å²) in [7, 11) is 0. The van der Waals surface area contributed by atoms with Crippen LogP contribution in [0.3, 0.4) is 0 Å². The van der Waals surface area contributed by atoms with Crippen LogP contribution in [0, 0.1) is 0 Å². The first-order chi connectivity index (χ1) is 16.1. The van der Waals surface area contributed by atoms with Gasteiger partial charge in [-0.05, 0) is 41.7 Å². The Morgan fingerprint density at radius 2 is 1.70 bits per heavy atom. The first kappa shape index (κ1) is 21.0. The smallest absolute Gasteiger partial charge is 0.338 e. The number of hydrogen-bond donors (Lipinski definition) is 1. The van der Waals surface area contributed by atoms with Gasteiger partial charge in [0.25, 0.3) is 0 Å². The average Bonchev–Trinajstić information content (AvgIpc) is 3.22. The van der Waals surface area contributed by atoms with E-state index in [9.17, 15) is 4.79 Å². The maximum Gasteiger partial charge on any atom is 0.338 e. The van der Waals surface area contributed by atoms with Crippen LogP contribution >= 0.6 is 0 Å². The van der Waals surface area contributed by atoms with Gasteiger partial charge in [-0.2, -0.15) is 0 Å². The van der Waals surface area contributed by atoms with Crippen molar-refractivity contribution in [3.63, 3.8) is 0 Å². The van der Waals surface area contributed by atoms with E-state index in [1.807, 2.05) is 61.5 Å². The van der Waals surface area contributed by atoms with Crippen LogP contribution in [0.2, 0.25) is 0 Å². The Kier molecular flexibility index (Phi) is 5.47. The summed E-state index contributed by atoms with van der Waals surface area (Å²) in [4.78, 5) is 18.3. The minimum absolute atomic E-state index is 0.306. The number of anilines is 1. The number of para-hydroxylation sites is 2. The molecule has 0 saturated heterocycles. The lowest BCUT2D eigenvalue weighted by Gasteiger charge is -2.31. The van der Waals surface area contributed by atoms with Crippen molar-refractivity contribution in [2.24, 2.45) is 0 Å². The van der Waals surface area contributed by atoms with E-state index >= 15 is 0 Å². The van der Waals surface area contributed by atoms with Crippen molar-refractivity contribution in [1.29, 1.82) is 0 Å². The molecule has 5 nitrogen and oxygen atoms in total. The number of carbonyl (C=O) groups excluding carboxylic acids is 1. The number of nitrogens with zero attached hydrogens (tertiary/aromatic N) is 2. The molecule has 5 rings (SSSR count). The summed E-state index contributed by atoms with van der Waals surface area (Å²) in [6.07, 6.45) is 0. The number of esters is 1. The van der Waals surface area contributed by atoms with Gasteiger partial charge >= 0.3 is 5.97 Å². The zero-order chi connectivity index (χ0) is 22.9. The lowest BCUT2D eigenvalue weighted by Crippen LogP contribution is -2.29. The van der Waals surface area contributed by atoms with Crippen molar-refractivity contribution in [1.82, 2.24) is 9.55 Å². The standard InChI is InChI=1S/C28H27N3O2/c1-4-33-27(32)24-25(20-10-6-5-7-11-20)30-28-29-22-12-8-9-13-23(22)31(28)26(24)21-16-14-19(15-17-21)18(2)3/h5-18,26H,4H2,1-3H3,(H,29,30)/t26-/m1/s1. The number of hydrogen-bond acceptors (Lipinski definition) is 4. The summed E-state index contributed by atoms with van der Waals surface area (Å²) in [6.45, 7) is 6.50. The molecule has 166 valence electrons. The molecule has 3 aromatic carbocycles. The lowest BCUT2D eigenvalue weighted by molar-refractivity contribution is -0.138. The molecule has 0 aliphatic carbocycles. The number of benzene rings is 3. The lowest BCUT2D eigenvalue weighted by atomic mass is 9.91. The number of rotatable bonds is 5. The summed E-state index contributed by atoms with van der Waals surface area (Å²) in [5.41, 5.74) is 6.34. The van der Waals surface area contributed by atoms with E-state index < -0.39 is 0 Å². The fraction of sp³-hybridized carbons (Fsp3) is 0.214. The summed E-state index contributed by atoms with van der Waals surface area (Å²) < 4.78 is 7.69. The van der Waals surface area contributed by atoms with E-state index in [-0.39, 0.29) is 12.0 Å². The second kappa shape index (κ2) is 8.58. The van der Waals surface area contributed by atoms with Gasteiger partial charge in [-0.3, -0.25) is 4.57 Å². The topological polar surface area (TPSA) is 56.1 Å². The Bertz CT molecular complexity index is 1330. The van der Waals surface area contributed by atoms with Gasteiger partial charge in [-0.15, -0.1) is 0 Å². The molecule has 4 aromatic rings. The summed E-state index contributed by atoms with van der Waals surface area (Å²) in [5, 5.41) is 3.45. The van der Waals surface area contributed by atoms with Gasteiger partial charge in [0, 0.05) is 0 Å². The maximum atomic E-state index is 13.5. The molecule has 1 aromatic heterocycles. The second-order valence-corrected chi connectivity index (χ2v) is 8.52. The Balaban J connectivity index is 1.80. The van der Waals surface area contributed by atoms with E-state index in [0.29, 0.717) is 24.0 Å². The van der Waals surface area contributed by atoms with Gasteiger partial charge in [-0.1, -0.05) is 80.6 Å². The number of fused-ring (bicyclic) bond motifs is 3. The summed E-state index contributed by atoms with van der Waals surface area (Å²) in [6, 6.07) is 26.1. The third kappa shape index (κ3) is 3.69. The normalized spacial score (nSPS) is 15.5. The Morgan fingerprint density at radius 3 is 2.39 bits per heavy atom. The van der Waals surface area contributed by atoms with Crippen molar-refractivity contribution in [2.75, 3.05) is 11.9 Å². The molecule has 5 heteroatoms. The van der Waals surface area contributed by atoms with Crippen LogP contribution in [-0.2, 0) is 9.53 Å². The zero-order valence-electron chi connectivity index (χ0n) is 19.1. The molecule has 2 heterocycles. The minimum Gasteiger partial charge on any atom is -0.463 e. The molecule has 1 aliphatic heterocycles. The molecule has 0 fully saturated rings. The SMILES string of the molecule is CCOC(=O)C1=C(c2ccccc2)Nc2nc3ccccc3n2[C@@H]1c1ccc(C(C)C)cc1. The maximum absolute atomic E-state index is 13.5. The van der Waals surface area contributed by atoms with Gasteiger partial charge in [0.1, 0.15) is 0 Å². The largest absolute Gasteiger partial charge is 0.463 e. The first-order valence-electron chi connectivity index (χ1n) is 11.4.